The van der Waals surface area contributed by atoms with Crippen molar-refractivity contribution < 1.29 is 14.3 Å². The van der Waals surface area contributed by atoms with Crippen molar-refractivity contribution in [1.82, 2.24) is 9.80 Å². The lowest BCUT2D eigenvalue weighted by Gasteiger charge is -2.50. The zero-order valence-electron chi connectivity index (χ0n) is 11.6. The molecule has 1 aliphatic carbocycles. The second-order valence-electron chi connectivity index (χ2n) is 5.94. The number of hydrogen-bond acceptors (Lipinski definition) is 4. The highest BCUT2D eigenvalue weighted by Crippen LogP contribution is 2.38. The number of amides is 1. The van der Waals surface area contributed by atoms with Crippen molar-refractivity contribution in [3.05, 3.63) is 0 Å². The molecule has 5 nitrogen and oxygen atoms in total. The predicted molar refractivity (Wildman–Crippen MR) is 67.0 cm³/mol. The molecule has 1 atom stereocenters. The maximum Gasteiger partial charge on any atom is 0.307 e. The lowest BCUT2D eigenvalue weighted by molar-refractivity contribution is -0.156. The van der Waals surface area contributed by atoms with E-state index in [4.69, 9.17) is 4.74 Å². The highest BCUT2D eigenvalue weighted by Gasteiger charge is 2.50. The summed E-state index contributed by atoms with van der Waals surface area (Å²) < 4.78 is 4.72. The summed E-state index contributed by atoms with van der Waals surface area (Å²) in [7, 11) is 3.17. The van der Waals surface area contributed by atoms with Gasteiger partial charge in [-0.15, -0.1) is 0 Å². The summed E-state index contributed by atoms with van der Waals surface area (Å²) in [5, 5.41) is 0. The molecule has 0 radical (unpaired) electrons. The van der Waals surface area contributed by atoms with E-state index in [1.165, 1.54) is 7.11 Å². The first kappa shape index (κ1) is 13.3. The smallest absolute Gasteiger partial charge is 0.307 e. The third kappa shape index (κ3) is 2.36. The molecule has 5 heteroatoms. The van der Waals surface area contributed by atoms with Crippen LogP contribution in [-0.2, 0) is 14.3 Å². The maximum atomic E-state index is 12.3. The minimum absolute atomic E-state index is 0.0339. The predicted octanol–water partition coefficient (Wildman–Crippen LogP) is 0.633. The van der Waals surface area contributed by atoms with Crippen LogP contribution < -0.4 is 0 Å². The molecule has 1 heterocycles. The van der Waals surface area contributed by atoms with E-state index < -0.39 is 0 Å². The number of nitrogens with zero attached hydrogens (tertiary/aromatic N) is 2. The third-order valence-corrected chi connectivity index (χ3v) is 3.85. The zero-order valence-corrected chi connectivity index (χ0v) is 11.6. The summed E-state index contributed by atoms with van der Waals surface area (Å²) in [5.74, 6) is -0.281. The molecule has 2 fully saturated rings. The molecule has 0 aromatic rings. The molecular weight excluding hydrogens is 232 g/mol. The summed E-state index contributed by atoms with van der Waals surface area (Å²) in [6.07, 6.45) is 2.40. The quantitative estimate of drug-likeness (QED) is 0.693. The van der Waals surface area contributed by atoms with Gasteiger partial charge in [-0.1, -0.05) is 0 Å². The number of carbonyl (C=O) groups is 2. The van der Waals surface area contributed by atoms with E-state index in [9.17, 15) is 9.59 Å². The first-order valence-electron chi connectivity index (χ1n) is 6.47. The number of esters is 1. The second kappa shape index (κ2) is 4.53. The largest absolute Gasteiger partial charge is 0.469 e. The van der Waals surface area contributed by atoms with Crippen LogP contribution in [0.2, 0.25) is 0 Å². The van der Waals surface area contributed by atoms with Crippen LogP contribution in [-0.4, -0.2) is 60.0 Å². The van der Waals surface area contributed by atoms with Crippen LogP contribution in [0, 0.1) is 0 Å². The molecule has 102 valence electrons. The van der Waals surface area contributed by atoms with E-state index in [2.05, 4.69) is 18.7 Å². The highest BCUT2D eigenvalue weighted by molar-refractivity contribution is 5.87. The minimum Gasteiger partial charge on any atom is -0.469 e. The first-order chi connectivity index (χ1) is 8.36. The molecule has 1 amide bonds. The molecule has 0 aromatic heterocycles. The van der Waals surface area contributed by atoms with E-state index in [1.54, 1.807) is 11.9 Å². The van der Waals surface area contributed by atoms with Crippen molar-refractivity contribution in [3.8, 4) is 0 Å². The summed E-state index contributed by atoms with van der Waals surface area (Å²) in [4.78, 5) is 27.8. The van der Waals surface area contributed by atoms with Gasteiger partial charge in [0.05, 0.1) is 13.5 Å². The third-order valence-electron chi connectivity index (χ3n) is 3.85. The average molecular weight is 254 g/mol. The fourth-order valence-corrected chi connectivity index (χ4v) is 3.06. The lowest BCUT2D eigenvalue weighted by atomic mass is 9.92. The summed E-state index contributed by atoms with van der Waals surface area (Å²) >= 11 is 0. The van der Waals surface area contributed by atoms with Gasteiger partial charge < -0.3 is 9.64 Å². The average Bonchev–Trinajstić information content (AvgIpc) is 3.08. The van der Waals surface area contributed by atoms with Gasteiger partial charge in [0.25, 0.3) is 0 Å². The molecule has 1 aliphatic heterocycles. The van der Waals surface area contributed by atoms with Crippen LogP contribution >= 0.6 is 0 Å². The van der Waals surface area contributed by atoms with Crippen LogP contribution in [0.3, 0.4) is 0 Å². The fraction of sp³-hybridized carbons (Fsp3) is 0.846. The Kier molecular flexibility index (Phi) is 3.36. The van der Waals surface area contributed by atoms with Gasteiger partial charge in [-0.05, 0) is 26.7 Å². The summed E-state index contributed by atoms with van der Waals surface area (Å²) in [6, 6.07) is 0.0889. The van der Waals surface area contributed by atoms with Crippen molar-refractivity contribution in [3.63, 3.8) is 0 Å². The molecule has 18 heavy (non-hydrogen) atoms. The molecule has 2 rings (SSSR count). The van der Waals surface area contributed by atoms with Gasteiger partial charge in [-0.2, -0.15) is 0 Å². The van der Waals surface area contributed by atoms with E-state index in [-0.39, 0.29) is 29.9 Å². The molecule has 0 N–H and O–H groups in total. The topological polar surface area (TPSA) is 49.9 Å². The number of likely N-dealkylation sites (N-methyl/N-ethyl adjacent to an activating group) is 1. The number of rotatable bonds is 3. The van der Waals surface area contributed by atoms with Crippen molar-refractivity contribution >= 4 is 11.9 Å². The Morgan fingerprint density at radius 2 is 2.06 bits per heavy atom. The normalized spacial score (nSPS) is 28.3. The number of methoxy groups -OCH3 is 1. The van der Waals surface area contributed by atoms with Gasteiger partial charge in [0.2, 0.25) is 5.91 Å². The van der Waals surface area contributed by atoms with E-state index in [0.29, 0.717) is 12.6 Å². The zero-order chi connectivity index (χ0) is 13.5. The lowest BCUT2D eigenvalue weighted by Crippen LogP contribution is -2.66. The molecule has 0 aromatic carbocycles. The number of carbonyl (C=O) groups excluding carboxylic acids is 2. The molecule has 2 aliphatic rings. The number of piperazine rings is 1. The van der Waals surface area contributed by atoms with Crippen LogP contribution in [0.5, 0.6) is 0 Å². The van der Waals surface area contributed by atoms with Crippen LogP contribution in [0.1, 0.15) is 33.1 Å². The van der Waals surface area contributed by atoms with Gasteiger partial charge in [0, 0.05) is 25.2 Å². The maximum absolute atomic E-state index is 12.3. The van der Waals surface area contributed by atoms with Gasteiger partial charge >= 0.3 is 5.97 Å². The summed E-state index contributed by atoms with van der Waals surface area (Å²) in [5.41, 5.74) is -0.0808. The van der Waals surface area contributed by atoms with Crippen LogP contribution in [0.4, 0.5) is 0 Å². The van der Waals surface area contributed by atoms with Crippen LogP contribution in [0.15, 0.2) is 0 Å². The molecule has 0 bridgehead atoms. The highest BCUT2D eigenvalue weighted by atomic mass is 16.5. The van der Waals surface area contributed by atoms with Crippen molar-refractivity contribution in [2.24, 2.45) is 0 Å². The Hall–Kier alpha value is -1.10. The van der Waals surface area contributed by atoms with Gasteiger partial charge in [0.1, 0.15) is 6.04 Å². The van der Waals surface area contributed by atoms with E-state index >= 15 is 0 Å². The number of ether oxygens (including phenoxy) is 1. The Balaban J connectivity index is 2.23. The van der Waals surface area contributed by atoms with E-state index in [0.717, 1.165) is 12.8 Å². The minimum atomic E-state index is -0.362. The van der Waals surface area contributed by atoms with Gasteiger partial charge in [0.15, 0.2) is 0 Å². The standard InChI is InChI=1S/C13H22N2O3/c1-13(2)8-14(3)12(17)10(7-11(16)18-4)15(13)9-5-6-9/h9-10H,5-8H2,1-4H3. The van der Waals surface area contributed by atoms with E-state index in [1.807, 2.05) is 0 Å². The Bertz CT molecular complexity index is 363. The SMILES string of the molecule is COC(=O)CC1C(=O)N(C)CC(C)(C)N1C1CC1. The summed E-state index contributed by atoms with van der Waals surface area (Å²) in [6.45, 7) is 4.98. The Morgan fingerprint density at radius 1 is 1.44 bits per heavy atom. The van der Waals surface area contributed by atoms with Gasteiger partial charge in [-0.25, -0.2) is 0 Å². The fourth-order valence-electron chi connectivity index (χ4n) is 3.06. The Morgan fingerprint density at radius 3 is 2.56 bits per heavy atom. The van der Waals surface area contributed by atoms with Crippen molar-refractivity contribution in [2.45, 2.75) is 50.7 Å². The monoisotopic (exact) mass is 254 g/mol. The molecule has 1 saturated heterocycles. The molecule has 1 unspecified atom stereocenters. The molecule has 0 spiro atoms. The van der Waals surface area contributed by atoms with Crippen LogP contribution in [0.25, 0.3) is 0 Å². The van der Waals surface area contributed by atoms with Gasteiger partial charge in [-0.3, -0.25) is 14.5 Å². The number of hydrogen-bond donors (Lipinski definition) is 0. The first-order valence-corrected chi connectivity index (χ1v) is 6.47. The Labute approximate surface area is 108 Å². The second-order valence-corrected chi connectivity index (χ2v) is 5.94. The molecular formula is C13H22N2O3. The van der Waals surface area contributed by atoms with Crippen molar-refractivity contribution in [1.29, 1.82) is 0 Å². The molecule has 1 saturated carbocycles. The van der Waals surface area contributed by atoms with Crippen molar-refractivity contribution in [2.75, 3.05) is 20.7 Å².